The minimum atomic E-state index is -0.485. The SMILES string of the molecule is CN1CCN(CCNC(=O)c2nc(-c3ccc(-c4ccccc4)cc3)oc2-c2ccccc2[N+](=O)[O-])CC1. The van der Waals surface area contributed by atoms with E-state index >= 15 is 0 Å². The van der Waals surface area contributed by atoms with Gasteiger partial charge in [-0.25, -0.2) is 4.98 Å². The van der Waals surface area contributed by atoms with E-state index in [4.69, 9.17) is 4.42 Å². The summed E-state index contributed by atoms with van der Waals surface area (Å²) in [6.07, 6.45) is 0. The van der Waals surface area contributed by atoms with E-state index in [1.807, 2.05) is 54.6 Å². The van der Waals surface area contributed by atoms with Crippen molar-refractivity contribution < 1.29 is 14.1 Å². The molecule has 1 amide bonds. The largest absolute Gasteiger partial charge is 0.435 e. The molecule has 0 spiro atoms. The number of oxazole rings is 1. The first-order chi connectivity index (χ1) is 18.5. The topological polar surface area (TPSA) is 105 Å². The molecule has 1 fully saturated rings. The molecular weight excluding hydrogens is 482 g/mol. The summed E-state index contributed by atoms with van der Waals surface area (Å²) in [5.74, 6) is -0.123. The van der Waals surface area contributed by atoms with Gasteiger partial charge in [-0.15, -0.1) is 0 Å². The monoisotopic (exact) mass is 511 g/mol. The second kappa shape index (κ2) is 11.4. The van der Waals surface area contributed by atoms with Gasteiger partial charge < -0.3 is 14.6 Å². The zero-order valence-electron chi connectivity index (χ0n) is 21.2. The number of nitrogens with one attached hydrogen (secondary N) is 1. The van der Waals surface area contributed by atoms with Crippen LogP contribution in [0.2, 0.25) is 0 Å². The molecule has 3 aromatic carbocycles. The summed E-state index contributed by atoms with van der Waals surface area (Å²) in [4.78, 5) is 33.6. The third kappa shape index (κ3) is 5.64. The molecule has 38 heavy (non-hydrogen) atoms. The van der Waals surface area contributed by atoms with Gasteiger partial charge in [-0.3, -0.25) is 19.8 Å². The lowest BCUT2D eigenvalue weighted by Crippen LogP contribution is -2.46. The van der Waals surface area contributed by atoms with E-state index in [1.165, 1.54) is 6.07 Å². The fraction of sp³-hybridized carbons (Fsp3) is 0.241. The Kier molecular flexibility index (Phi) is 7.57. The van der Waals surface area contributed by atoms with E-state index in [0.717, 1.165) is 37.3 Å². The second-order valence-corrected chi connectivity index (χ2v) is 9.32. The molecule has 5 rings (SSSR count). The molecule has 1 aromatic heterocycles. The molecule has 4 aromatic rings. The van der Waals surface area contributed by atoms with Crippen LogP contribution in [0.15, 0.2) is 83.3 Å². The number of nitro benzene ring substituents is 1. The molecule has 0 bridgehead atoms. The average molecular weight is 512 g/mol. The smallest absolute Gasteiger partial charge is 0.280 e. The van der Waals surface area contributed by atoms with Crippen LogP contribution in [0.1, 0.15) is 10.5 Å². The number of piperazine rings is 1. The average Bonchev–Trinajstić information content (AvgIpc) is 3.40. The third-order valence-electron chi connectivity index (χ3n) is 6.74. The molecule has 9 nitrogen and oxygen atoms in total. The highest BCUT2D eigenvalue weighted by Gasteiger charge is 2.27. The summed E-state index contributed by atoms with van der Waals surface area (Å²) in [6, 6.07) is 23.8. The molecular formula is C29H29N5O4. The number of likely N-dealkylation sites (N-methyl/N-ethyl adjacent to an activating group) is 1. The number of benzene rings is 3. The van der Waals surface area contributed by atoms with E-state index in [2.05, 4.69) is 27.1 Å². The van der Waals surface area contributed by atoms with E-state index in [1.54, 1.807) is 18.2 Å². The van der Waals surface area contributed by atoms with Crippen LogP contribution in [0, 0.1) is 10.1 Å². The van der Waals surface area contributed by atoms with Crippen molar-refractivity contribution in [2.45, 2.75) is 0 Å². The number of para-hydroxylation sites is 1. The number of hydrogen-bond donors (Lipinski definition) is 1. The number of nitrogens with zero attached hydrogens (tertiary/aromatic N) is 4. The molecule has 9 heteroatoms. The van der Waals surface area contributed by atoms with Crippen LogP contribution >= 0.6 is 0 Å². The van der Waals surface area contributed by atoms with Crippen LogP contribution in [0.4, 0.5) is 5.69 Å². The Balaban J connectivity index is 1.42. The Morgan fingerprint density at radius 1 is 0.921 bits per heavy atom. The Labute approximate surface area is 220 Å². The first-order valence-corrected chi connectivity index (χ1v) is 12.6. The standard InChI is InChI=1S/C29H29N5O4/c1-32-17-19-33(20-18-32)16-15-30-28(35)26-27(24-9-5-6-10-25(24)34(36)37)38-29(31-26)23-13-11-22(12-14-23)21-7-3-2-4-8-21/h2-14H,15-20H2,1H3,(H,30,35). The highest BCUT2D eigenvalue weighted by molar-refractivity contribution is 5.99. The van der Waals surface area contributed by atoms with E-state index in [0.29, 0.717) is 18.7 Å². The van der Waals surface area contributed by atoms with Crippen LogP contribution < -0.4 is 5.32 Å². The number of amides is 1. The number of carbonyl (C=O) groups is 1. The summed E-state index contributed by atoms with van der Waals surface area (Å²) in [5, 5.41) is 14.7. The fourth-order valence-electron chi connectivity index (χ4n) is 4.52. The Morgan fingerprint density at radius 3 is 2.26 bits per heavy atom. The number of aromatic nitrogens is 1. The lowest BCUT2D eigenvalue weighted by Gasteiger charge is -2.32. The molecule has 2 heterocycles. The summed E-state index contributed by atoms with van der Waals surface area (Å²) in [7, 11) is 2.10. The molecule has 1 N–H and O–H groups in total. The predicted octanol–water partition coefficient (Wildman–Crippen LogP) is 4.56. The Bertz CT molecular complexity index is 1410. The summed E-state index contributed by atoms with van der Waals surface area (Å²) in [6.45, 7) is 5.03. The number of hydrogen-bond acceptors (Lipinski definition) is 7. The quantitative estimate of drug-likeness (QED) is 0.273. The Hall–Kier alpha value is -4.34. The second-order valence-electron chi connectivity index (χ2n) is 9.32. The predicted molar refractivity (Wildman–Crippen MR) is 146 cm³/mol. The molecule has 0 radical (unpaired) electrons. The number of nitro groups is 1. The maximum Gasteiger partial charge on any atom is 0.280 e. The van der Waals surface area contributed by atoms with Crippen molar-refractivity contribution in [3.05, 3.63) is 94.7 Å². The highest BCUT2D eigenvalue weighted by atomic mass is 16.6. The van der Waals surface area contributed by atoms with Crippen molar-refractivity contribution in [1.29, 1.82) is 0 Å². The van der Waals surface area contributed by atoms with E-state index < -0.39 is 10.8 Å². The molecule has 1 saturated heterocycles. The third-order valence-corrected chi connectivity index (χ3v) is 6.74. The maximum absolute atomic E-state index is 13.3. The fourth-order valence-corrected chi connectivity index (χ4v) is 4.52. The van der Waals surface area contributed by atoms with Gasteiger partial charge in [0.25, 0.3) is 11.6 Å². The van der Waals surface area contributed by atoms with Crippen LogP contribution in [0.25, 0.3) is 33.9 Å². The molecule has 0 saturated carbocycles. The minimum Gasteiger partial charge on any atom is -0.435 e. The van der Waals surface area contributed by atoms with Gasteiger partial charge in [0.1, 0.15) is 0 Å². The molecule has 1 aliphatic heterocycles. The first-order valence-electron chi connectivity index (χ1n) is 12.6. The van der Waals surface area contributed by atoms with Gasteiger partial charge >= 0.3 is 0 Å². The first kappa shape index (κ1) is 25.3. The van der Waals surface area contributed by atoms with E-state index in [-0.39, 0.29) is 28.6 Å². The van der Waals surface area contributed by atoms with Gasteiger partial charge in [0.2, 0.25) is 5.89 Å². The minimum absolute atomic E-state index is 0.0276. The molecule has 0 unspecified atom stereocenters. The summed E-state index contributed by atoms with van der Waals surface area (Å²) >= 11 is 0. The van der Waals surface area contributed by atoms with Crippen molar-refractivity contribution >= 4 is 11.6 Å². The molecule has 1 aliphatic rings. The van der Waals surface area contributed by atoms with Crippen molar-refractivity contribution in [3.63, 3.8) is 0 Å². The van der Waals surface area contributed by atoms with Gasteiger partial charge in [-0.2, -0.15) is 0 Å². The molecule has 194 valence electrons. The number of carbonyl (C=O) groups excluding carboxylic acids is 1. The lowest BCUT2D eigenvalue weighted by molar-refractivity contribution is -0.384. The molecule has 0 aliphatic carbocycles. The lowest BCUT2D eigenvalue weighted by atomic mass is 10.0. The normalized spacial score (nSPS) is 14.3. The maximum atomic E-state index is 13.3. The van der Waals surface area contributed by atoms with E-state index in [9.17, 15) is 14.9 Å². The highest BCUT2D eigenvalue weighted by Crippen LogP contribution is 2.35. The van der Waals surface area contributed by atoms with Crippen LogP contribution in [-0.2, 0) is 0 Å². The molecule has 0 atom stereocenters. The van der Waals surface area contributed by atoms with Gasteiger partial charge in [-0.05, 0) is 36.4 Å². The van der Waals surface area contributed by atoms with Crippen LogP contribution in [0.3, 0.4) is 0 Å². The van der Waals surface area contributed by atoms with Crippen molar-refractivity contribution in [1.82, 2.24) is 20.1 Å². The van der Waals surface area contributed by atoms with Gasteiger partial charge in [0, 0.05) is 50.9 Å². The van der Waals surface area contributed by atoms with Crippen molar-refractivity contribution in [3.8, 4) is 33.9 Å². The van der Waals surface area contributed by atoms with Crippen molar-refractivity contribution in [2.75, 3.05) is 46.3 Å². The number of rotatable bonds is 8. The summed E-state index contributed by atoms with van der Waals surface area (Å²) in [5.41, 5.74) is 2.86. The van der Waals surface area contributed by atoms with Gasteiger partial charge in [0.05, 0.1) is 10.5 Å². The van der Waals surface area contributed by atoms with Gasteiger partial charge in [-0.1, -0.05) is 54.6 Å². The Morgan fingerprint density at radius 2 is 1.55 bits per heavy atom. The van der Waals surface area contributed by atoms with Crippen LogP contribution in [0.5, 0.6) is 0 Å². The van der Waals surface area contributed by atoms with Crippen LogP contribution in [-0.4, -0.2) is 71.9 Å². The zero-order chi connectivity index (χ0) is 26.5. The summed E-state index contributed by atoms with van der Waals surface area (Å²) < 4.78 is 6.06. The zero-order valence-corrected chi connectivity index (χ0v) is 21.2. The van der Waals surface area contributed by atoms with Crippen molar-refractivity contribution in [2.24, 2.45) is 0 Å². The van der Waals surface area contributed by atoms with Gasteiger partial charge in [0.15, 0.2) is 11.5 Å².